The minimum Gasteiger partial charge on any atom is -0.508 e. The van der Waals surface area contributed by atoms with Gasteiger partial charge in [0.25, 0.3) is 0 Å². The lowest BCUT2D eigenvalue weighted by Gasteiger charge is -2.16. The van der Waals surface area contributed by atoms with E-state index in [0.717, 1.165) is 33.4 Å². The molecular weight excluding hydrogens is 352 g/mol. The monoisotopic (exact) mass is 372 g/mol. The molecule has 6 heteroatoms. The Kier molecular flexibility index (Phi) is 4.17. The van der Waals surface area contributed by atoms with E-state index in [4.69, 9.17) is 5.73 Å². The highest BCUT2D eigenvalue weighted by Crippen LogP contribution is 2.44. The number of hydrogen-bond donors (Lipinski definition) is 3. The summed E-state index contributed by atoms with van der Waals surface area (Å²) >= 11 is 0. The first kappa shape index (κ1) is 17.8. The van der Waals surface area contributed by atoms with E-state index in [9.17, 15) is 15.5 Å². The third kappa shape index (κ3) is 2.82. The summed E-state index contributed by atoms with van der Waals surface area (Å²) in [7, 11) is 3.86. The van der Waals surface area contributed by atoms with Crippen LogP contribution in [0.4, 0.5) is 5.82 Å². The van der Waals surface area contributed by atoms with Gasteiger partial charge in [-0.15, -0.1) is 0 Å². The molecule has 1 aliphatic carbocycles. The van der Waals surface area contributed by atoms with Crippen LogP contribution < -0.4 is 5.73 Å². The SMILES string of the molecule is CN(C)Cc1cc(-c2c(C#N)c(N)nc3c2Cc2ccc(O)cc2-3)ccc1O. The average molecular weight is 372 g/mol. The standard InChI is InChI=1S/C22H20N4O2/c1-26(2)11-14-7-13(4-6-19(14)28)20-17-8-12-3-5-15(27)9-16(12)21(17)25-22(24)18(20)10-23/h3-7,9,27-28H,8,11H2,1-2H3,(H2,24,25). The van der Waals surface area contributed by atoms with E-state index in [1.54, 1.807) is 24.3 Å². The van der Waals surface area contributed by atoms with Gasteiger partial charge < -0.3 is 20.8 Å². The molecule has 6 nitrogen and oxygen atoms in total. The maximum Gasteiger partial charge on any atom is 0.142 e. The third-order valence-electron chi connectivity index (χ3n) is 5.01. The predicted molar refractivity (Wildman–Crippen MR) is 108 cm³/mol. The summed E-state index contributed by atoms with van der Waals surface area (Å²) in [5.74, 6) is 0.535. The molecule has 4 rings (SSSR count). The fraction of sp³-hybridized carbons (Fsp3) is 0.182. The zero-order chi connectivity index (χ0) is 20.0. The van der Waals surface area contributed by atoms with Crippen LogP contribution >= 0.6 is 0 Å². The average Bonchev–Trinajstić information content (AvgIpc) is 2.99. The van der Waals surface area contributed by atoms with Crippen molar-refractivity contribution in [2.24, 2.45) is 0 Å². The van der Waals surface area contributed by atoms with Crippen molar-refractivity contribution in [1.82, 2.24) is 9.88 Å². The zero-order valence-electron chi connectivity index (χ0n) is 15.7. The summed E-state index contributed by atoms with van der Waals surface area (Å²) in [5.41, 5.74) is 12.2. The first-order valence-corrected chi connectivity index (χ1v) is 8.90. The molecule has 0 atom stereocenters. The van der Waals surface area contributed by atoms with Gasteiger partial charge in [-0.05, 0) is 55.1 Å². The molecule has 0 unspecified atom stereocenters. The van der Waals surface area contributed by atoms with Gasteiger partial charge in [0.15, 0.2) is 0 Å². The number of anilines is 1. The molecule has 1 aliphatic rings. The summed E-state index contributed by atoms with van der Waals surface area (Å²) in [6.45, 7) is 0.568. The van der Waals surface area contributed by atoms with E-state index in [1.807, 2.05) is 31.1 Å². The van der Waals surface area contributed by atoms with Crippen LogP contribution in [0.5, 0.6) is 11.5 Å². The lowest BCUT2D eigenvalue weighted by Crippen LogP contribution is -2.11. The maximum atomic E-state index is 10.2. The molecule has 28 heavy (non-hydrogen) atoms. The summed E-state index contributed by atoms with van der Waals surface area (Å²) in [5, 5.41) is 29.9. The third-order valence-corrected chi connectivity index (χ3v) is 5.01. The van der Waals surface area contributed by atoms with E-state index in [2.05, 4.69) is 11.1 Å². The molecule has 2 aromatic carbocycles. The van der Waals surface area contributed by atoms with Crippen molar-refractivity contribution in [2.45, 2.75) is 13.0 Å². The van der Waals surface area contributed by atoms with Crippen molar-refractivity contribution in [1.29, 1.82) is 5.26 Å². The zero-order valence-corrected chi connectivity index (χ0v) is 15.7. The van der Waals surface area contributed by atoms with Crippen LogP contribution in [-0.4, -0.2) is 34.2 Å². The van der Waals surface area contributed by atoms with Gasteiger partial charge in [0.2, 0.25) is 0 Å². The first-order chi connectivity index (χ1) is 13.4. The van der Waals surface area contributed by atoms with E-state index in [1.165, 1.54) is 0 Å². The molecule has 0 bridgehead atoms. The number of pyridine rings is 1. The molecule has 0 saturated heterocycles. The summed E-state index contributed by atoms with van der Waals surface area (Å²) in [6.07, 6.45) is 0.603. The van der Waals surface area contributed by atoms with E-state index in [-0.39, 0.29) is 17.3 Å². The molecular formula is C22H20N4O2. The van der Waals surface area contributed by atoms with E-state index >= 15 is 0 Å². The lowest BCUT2D eigenvalue weighted by molar-refractivity contribution is 0.386. The van der Waals surface area contributed by atoms with Gasteiger partial charge in [-0.3, -0.25) is 0 Å². The highest BCUT2D eigenvalue weighted by Gasteiger charge is 2.28. The first-order valence-electron chi connectivity index (χ1n) is 8.90. The fourth-order valence-electron chi connectivity index (χ4n) is 3.81. The molecule has 1 heterocycles. The Morgan fingerprint density at radius 1 is 1.18 bits per heavy atom. The number of hydrogen-bond acceptors (Lipinski definition) is 6. The van der Waals surface area contributed by atoms with Crippen LogP contribution in [0, 0.1) is 11.3 Å². The molecule has 0 aliphatic heterocycles. The maximum absolute atomic E-state index is 10.2. The summed E-state index contributed by atoms with van der Waals surface area (Å²) in [4.78, 5) is 6.43. The van der Waals surface area contributed by atoms with Crippen molar-refractivity contribution in [3.8, 4) is 40.0 Å². The van der Waals surface area contributed by atoms with Crippen LogP contribution in [0.1, 0.15) is 22.3 Å². The van der Waals surface area contributed by atoms with Crippen LogP contribution in [0.2, 0.25) is 0 Å². The van der Waals surface area contributed by atoms with E-state index < -0.39 is 0 Å². The summed E-state index contributed by atoms with van der Waals surface area (Å²) < 4.78 is 0. The Morgan fingerprint density at radius 3 is 2.68 bits per heavy atom. The molecule has 0 spiro atoms. The second-order valence-corrected chi connectivity index (χ2v) is 7.29. The molecule has 1 aromatic heterocycles. The topological polar surface area (TPSA) is 106 Å². The normalized spacial score (nSPS) is 11.9. The van der Waals surface area contributed by atoms with Crippen LogP contribution in [0.3, 0.4) is 0 Å². The largest absolute Gasteiger partial charge is 0.508 e. The predicted octanol–water partition coefficient (Wildman–Crippen LogP) is 3.25. The Bertz CT molecular complexity index is 1150. The number of rotatable bonds is 3. The minimum atomic E-state index is 0.162. The Hall–Kier alpha value is -3.56. The molecule has 0 amide bonds. The molecule has 4 N–H and O–H groups in total. The molecule has 0 saturated carbocycles. The number of benzene rings is 2. The lowest BCUT2D eigenvalue weighted by atomic mass is 9.92. The molecule has 3 aromatic rings. The van der Waals surface area contributed by atoms with Gasteiger partial charge in [0.1, 0.15) is 28.9 Å². The Morgan fingerprint density at radius 2 is 1.96 bits per heavy atom. The quantitative estimate of drug-likeness (QED) is 0.510. The van der Waals surface area contributed by atoms with Crippen LogP contribution in [0.15, 0.2) is 36.4 Å². The minimum absolute atomic E-state index is 0.162. The van der Waals surface area contributed by atoms with Gasteiger partial charge in [0.05, 0.1) is 5.69 Å². The number of fused-ring (bicyclic) bond motifs is 3. The van der Waals surface area contributed by atoms with Crippen molar-refractivity contribution in [3.63, 3.8) is 0 Å². The Labute approximate surface area is 163 Å². The highest BCUT2D eigenvalue weighted by molar-refractivity contribution is 5.89. The van der Waals surface area contributed by atoms with Gasteiger partial charge >= 0.3 is 0 Å². The Balaban J connectivity index is 1.97. The van der Waals surface area contributed by atoms with Gasteiger partial charge in [0, 0.05) is 29.7 Å². The number of nitrogens with two attached hydrogens (primary N) is 1. The number of nitrogens with zero attached hydrogens (tertiary/aromatic N) is 3. The van der Waals surface area contributed by atoms with Gasteiger partial charge in [-0.1, -0.05) is 12.1 Å². The van der Waals surface area contributed by atoms with Crippen molar-refractivity contribution >= 4 is 5.82 Å². The highest BCUT2D eigenvalue weighted by atomic mass is 16.3. The molecule has 140 valence electrons. The number of nitriles is 1. The fourth-order valence-corrected chi connectivity index (χ4v) is 3.81. The van der Waals surface area contributed by atoms with Gasteiger partial charge in [-0.25, -0.2) is 4.98 Å². The van der Waals surface area contributed by atoms with E-state index in [0.29, 0.717) is 24.2 Å². The van der Waals surface area contributed by atoms with Crippen molar-refractivity contribution in [3.05, 3.63) is 58.7 Å². The second-order valence-electron chi connectivity index (χ2n) is 7.29. The number of aromatic nitrogens is 1. The molecule has 0 radical (unpaired) electrons. The number of nitrogen functional groups attached to an aromatic ring is 1. The van der Waals surface area contributed by atoms with Crippen molar-refractivity contribution < 1.29 is 10.2 Å². The van der Waals surface area contributed by atoms with Crippen LogP contribution in [0.25, 0.3) is 22.4 Å². The number of phenolic OH excluding ortho intramolecular Hbond substituents is 2. The molecule has 0 fully saturated rings. The second kappa shape index (κ2) is 6.55. The van der Waals surface area contributed by atoms with Crippen LogP contribution in [-0.2, 0) is 13.0 Å². The number of aromatic hydroxyl groups is 2. The van der Waals surface area contributed by atoms with Gasteiger partial charge in [-0.2, -0.15) is 5.26 Å². The smallest absolute Gasteiger partial charge is 0.142 e. The number of phenols is 2. The van der Waals surface area contributed by atoms with Crippen molar-refractivity contribution in [2.75, 3.05) is 19.8 Å². The summed E-state index contributed by atoms with van der Waals surface area (Å²) in [6, 6.07) is 12.7.